The molecule has 1 heterocycles. The molecule has 2 aromatic rings. The maximum atomic E-state index is 6.15. The van der Waals surface area contributed by atoms with Gasteiger partial charge in [0, 0.05) is 14.6 Å². The quantitative estimate of drug-likeness (QED) is 0.788. The van der Waals surface area contributed by atoms with Crippen LogP contribution in [0.4, 0.5) is 5.69 Å². The summed E-state index contributed by atoms with van der Waals surface area (Å²) in [6.45, 7) is 2.89. The first-order valence-corrected chi connectivity index (χ1v) is 7.59. The van der Waals surface area contributed by atoms with Crippen molar-refractivity contribution in [3.8, 4) is 0 Å². The molecule has 0 aliphatic heterocycles. The number of thiazole rings is 1. The lowest BCUT2D eigenvalue weighted by Crippen LogP contribution is -1.98. The van der Waals surface area contributed by atoms with Crippen LogP contribution in [0, 0.1) is 3.57 Å². The van der Waals surface area contributed by atoms with Gasteiger partial charge in [0.25, 0.3) is 0 Å². The van der Waals surface area contributed by atoms with Gasteiger partial charge in [-0.2, -0.15) is 0 Å². The van der Waals surface area contributed by atoms with Crippen LogP contribution in [-0.4, -0.2) is 4.98 Å². The van der Waals surface area contributed by atoms with Crippen LogP contribution in [0.2, 0.25) is 5.02 Å². The molecule has 5 heteroatoms. The molecule has 0 saturated carbocycles. The standard InChI is InChI=1S/C12H12ClIN2S/c1-2-12-16-7-9(17-12)6-15-11-4-3-8(14)5-10(11)13/h3-5,7,15H,2,6H2,1H3. The molecule has 0 aliphatic carbocycles. The summed E-state index contributed by atoms with van der Waals surface area (Å²) in [5, 5.41) is 5.27. The molecule has 0 aliphatic rings. The number of hydrogen-bond acceptors (Lipinski definition) is 3. The molecule has 1 aromatic heterocycles. The van der Waals surface area contributed by atoms with Gasteiger partial charge >= 0.3 is 0 Å². The smallest absolute Gasteiger partial charge is 0.0925 e. The highest BCUT2D eigenvalue weighted by atomic mass is 127. The highest BCUT2D eigenvalue weighted by Crippen LogP contribution is 2.25. The van der Waals surface area contributed by atoms with Crippen molar-refractivity contribution in [2.45, 2.75) is 19.9 Å². The predicted molar refractivity (Wildman–Crippen MR) is 83.0 cm³/mol. The molecule has 2 rings (SSSR count). The van der Waals surface area contributed by atoms with Crippen LogP contribution >= 0.6 is 45.5 Å². The minimum absolute atomic E-state index is 0.761. The van der Waals surface area contributed by atoms with Crippen molar-refractivity contribution in [2.75, 3.05) is 5.32 Å². The van der Waals surface area contributed by atoms with Gasteiger partial charge in [-0.25, -0.2) is 4.98 Å². The van der Waals surface area contributed by atoms with E-state index in [1.807, 2.05) is 24.4 Å². The molecule has 90 valence electrons. The summed E-state index contributed by atoms with van der Waals surface area (Å²) in [4.78, 5) is 5.56. The van der Waals surface area contributed by atoms with Crippen molar-refractivity contribution in [1.29, 1.82) is 0 Å². The van der Waals surface area contributed by atoms with Gasteiger partial charge in [-0.3, -0.25) is 0 Å². The summed E-state index contributed by atoms with van der Waals surface area (Å²) >= 11 is 10.1. The lowest BCUT2D eigenvalue weighted by atomic mass is 10.3. The van der Waals surface area contributed by atoms with Gasteiger partial charge in [0.15, 0.2) is 0 Å². The molecule has 0 bridgehead atoms. The van der Waals surface area contributed by atoms with E-state index in [1.54, 1.807) is 11.3 Å². The molecule has 0 atom stereocenters. The van der Waals surface area contributed by atoms with Crippen LogP contribution in [0.15, 0.2) is 24.4 Å². The first kappa shape index (κ1) is 13.1. The van der Waals surface area contributed by atoms with Crippen molar-refractivity contribution in [3.05, 3.63) is 42.9 Å². The summed E-state index contributed by atoms with van der Waals surface area (Å²) in [7, 11) is 0. The first-order valence-electron chi connectivity index (χ1n) is 5.31. The van der Waals surface area contributed by atoms with E-state index in [9.17, 15) is 0 Å². The fourth-order valence-corrected chi connectivity index (χ4v) is 3.13. The molecular weight excluding hydrogens is 367 g/mol. The van der Waals surface area contributed by atoms with E-state index in [0.717, 1.165) is 27.2 Å². The molecule has 17 heavy (non-hydrogen) atoms. The van der Waals surface area contributed by atoms with Crippen LogP contribution in [0.25, 0.3) is 0 Å². The van der Waals surface area contributed by atoms with Gasteiger partial charge in [0.05, 0.1) is 22.3 Å². The van der Waals surface area contributed by atoms with Crippen molar-refractivity contribution in [2.24, 2.45) is 0 Å². The zero-order valence-electron chi connectivity index (χ0n) is 9.34. The molecule has 1 N–H and O–H groups in total. The van der Waals surface area contributed by atoms with Gasteiger partial charge in [-0.15, -0.1) is 11.3 Å². The predicted octanol–water partition coefficient (Wildman–Crippen LogP) is 4.58. The normalized spacial score (nSPS) is 10.5. The Kier molecular flexibility index (Phi) is 4.64. The van der Waals surface area contributed by atoms with Gasteiger partial charge in [0.1, 0.15) is 0 Å². The Morgan fingerprint density at radius 1 is 1.47 bits per heavy atom. The number of rotatable bonds is 4. The number of halogens is 2. The van der Waals surface area contributed by atoms with E-state index in [0.29, 0.717) is 0 Å². The number of aromatic nitrogens is 1. The Balaban J connectivity index is 2.02. The molecule has 1 aromatic carbocycles. The molecule has 0 spiro atoms. The third-order valence-electron chi connectivity index (χ3n) is 2.29. The van der Waals surface area contributed by atoms with Gasteiger partial charge in [-0.05, 0) is 47.2 Å². The maximum absolute atomic E-state index is 6.15. The Morgan fingerprint density at radius 3 is 2.94 bits per heavy atom. The monoisotopic (exact) mass is 378 g/mol. The fourth-order valence-electron chi connectivity index (χ4n) is 1.41. The SMILES string of the molecule is CCc1ncc(CNc2ccc(I)cc2Cl)s1. The van der Waals surface area contributed by atoms with E-state index >= 15 is 0 Å². The van der Waals surface area contributed by atoms with E-state index in [1.165, 1.54) is 9.88 Å². The minimum Gasteiger partial charge on any atom is -0.379 e. The van der Waals surface area contributed by atoms with E-state index in [-0.39, 0.29) is 0 Å². The number of nitrogens with one attached hydrogen (secondary N) is 1. The van der Waals surface area contributed by atoms with Gasteiger partial charge < -0.3 is 5.32 Å². The number of anilines is 1. The molecule has 0 radical (unpaired) electrons. The molecule has 0 fully saturated rings. The highest BCUT2D eigenvalue weighted by molar-refractivity contribution is 14.1. The average Bonchev–Trinajstić information content (AvgIpc) is 2.76. The summed E-state index contributed by atoms with van der Waals surface area (Å²) in [6, 6.07) is 6.00. The third-order valence-corrected chi connectivity index (χ3v) is 4.41. The Hall–Kier alpha value is -0.330. The van der Waals surface area contributed by atoms with Crippen LogP contribution < -0.4 is 5.32 Å². The molecule has 2 nitrogen and oxygen atoms in total. The number of hydrogen-bond donors (Lipinski definition) is 1. The molecular formula is C12H12ClIN2S. The summed E-state index contributed by atoms with van der Waals surface area (Å²) in [5.74, 6) is 0. The van der Waals surface area contributed by atoms with E-state index < -0.39 is 0 Å². The second-order valence-electron chi connectivity index (χ2n) is 3.55. The fraction of sp³-hybridized carbons (Fsp3) is 0.250. The number of nitrogens with zero attached hydrogens (tertiary/aromatic N) is 1. The van der Waals surface area contributed by atoms with E-state index in [2.05, 4.69) is 39.8 Å². The van der Waals surface area contributed by atoms with Crippen molar-refractivity contribution < 1.29 is 0 Å². The Labute approximate surface area is 124 Å². The van der Waals surface area contributed by atoms with Crippen LogP contribution in [0.3, 0.4) is 0 Å². The minimum atomic E-state index is 0.761. The lowest BCUT2D eigenvalue weighted by molar-refractivity contribution is 1.09. The van der Waals surface area contributed by atoms with Crippen molar-refractivity contribution in [1.82, 2.24) is 4.98 Å². The summed E-state index contributed by atoms with van der Waals surface area (Å²) in [6.07, 6.45) is 2.92. The van der Waals surface area contributed by atoms with E-state index in [4.69, 9.17) is 11.6 Å². The van der Waals surface area contributed by atoms with Gasteiger partial charge in [-0.1, -0.05) is 18.5 Å². The molecule has 0 unspecified atom stereocenters. The maximum Gasteiger partial charge on any atom is 0.0925 e. The number of aryl methyl sites for hydroxylation is 1. The first-order chi connectivity index (χ1) is 8.19. The largest absolute Gasteiger partial charge is 0.379 e. The second-order valence-corrected chi connectivity index (χ2v) is 6.40. The molecule has 0 saturated heterocycles. The Morgan fingerprint density at radius 2 is 2.29 bits per heavy atom. The average molecular weight is 379 g/mol. The summed E-state index contributed by atoms with van der Waals surface area (Å²) in [5.41, 5.74) is 0.971. The topological polar surface area (TPSA) is 24.9 Å². The zero-order chi connectivity index (χ0) is 12.3. The van der Waals surface area contributed by atoms with Crippen LogP contribution in [-0.2, 0) is 13.0 Å². The van der Waals surface area contributed by atoms with Crippen molar-refractivity contribution >= 4 is 51.2 Å². The highest BCUT2D eigenvalue weighted by Gasteiger charge is 2.03. The summed E-state index contributed by atoms with van der Waals surface area (Å²) < 4.78 is 1.14. The lowest BCUT2D eigenvalue weighted by Gasteiger charge is -2.06. The van der Waals surface area contributed by atoms with Crippen molar-refractivity contribution in [3.63, 3.8) is 0 Å². The molecule has 0 amide bonds. The third kappa shape index (κ3) is 3.56. The zero-order valence-corrected chi connectivity index (χ0v) is 13.1. The Bertz CT molecular complexity index is 513. The second kappa shape index (κ2) is 6.02. The van der Waals surface area contributed by atoms with Crippen LogP contribution in [0.5, 0.6) is 0 Å². The van der Waals surface area contributed by atoms with Gasteiger partial charge in [0.2, 0.25) is 0 Å². The van der Waals surface area contributed by atoms with Crippen LogP contribution in [0.1, 0.15) is 16.8 Å². The number of benzene rings is 1.